The van der Waals surface area contributed by atoms with Gasteiger partial charge in [0.05, 0.1) is 17.1 Å². The van der Waals surface area contributed by atoms with Crippen molar-refractivity contribution in [3.63, 3.8) is 0 Å². The van der Waals surface area contributed by atoms with Crippen molar-refractivity contribution >= 4 is 28.5 Å². The smallest absolute Gasteiger partial charge is 0.298 e. The first kappa shape index (κ1) is 20.2. The van der Waals surface area contributed by atoms with Gasteiger partial charge in [-0.15, -0.1) is 10.2 Å². The van der Waals surface area contributed by atoms with Crippen LogP contribution in [0.5, 0.6) is 0 Å². The molecule has 8 nitrogen and oxygen atoms in total. The zero-order valence-corrected chi connectivity index (χ0v) is 18.3. The molecule has 0 saturated heterocycles. The number of nitrogens with zero attached hydrogens (tertiary/aromatic N) is 6. The predicted octanol–water partition coefficient (Wildman–Crippen LogP) is 2.90. The van der Waals surface area contributed by atoms with E-state index in [-0.39, 0.29) is 27.6 Å². The molecule has 0 N–H and O–H groups in total. The molecule has 0 aliphatic heterocycles. The van der Waals surface area contributed by atoms with E-state index >= 15 is 0 Å². The number of imidazole rings is 1. The minimum atomic E-state index is -0.583. The van der Waals surface area contributed by atoms with Crippen molar-refractivity contribution in [3.8, 4) is 11.4 Å². The third-order valence-electron chi connectivity index (χ3n) is 5.63. The summed E-state index contributed by atoms with van der Waals surface area (Å²) in [7, 11) is 2.97. The number of aromatic nitrogens is 6. The van der Waals surface area contributed by atoms with Gasteiger partial charge in [-0.1, -0.05) is 47.5 Å². The van der Waals surface area contributed by atoms with E-state index in [1.807, 2.05) is 31.2 Å². The van der Waals surface area contributed by atoms with Gasteiger partial charge in [-0.05, 0) is 24.6 Å². The molecule has 0 unspecified atom stereocenters. The summed E-state index contributed by atoms with van der Waals surface area (Å²) in [4.78, 5) is 25.9. The van der Waals surface area contributed by atoms with E-state index in [1.165, 1.54) is 28.1 Å². The largest absolute Gasteiger partial charge is 0.332 e. The van der Waals surface area contributed by atoms with Crippen LogP contribution in [-0.4, -0.2) is 28.3 Å². The molecule has 0 saturated carbocycles. The molecule has 0 fully saturated rings. The lowest BCUT2D eigenvalue weighted by Gasteiger charge is -2.08. The first-order valence-corrected chi connectivity index (χ1v) is 10.2. The highest BCUT2D eigenvalue weighted by atomic mass is 35.5. The first-order valence-electron chi connectivity index (χ1n) is 9.83. The summed E-state index contributed by atoms with van der Waals surface area (Å²) in [5.41, 5.74) is 1.60. The van der Waals surface area contributed by atoms with Crippen LogP contribution in [0, 0.1) is 12.7 Å². The van der Waals surface area contributed by atoms with Gasteiger partial charge in [0, 0.05) is 14.1 Å². The van der Waals surface area contributed by atoms with Crippen LogP contribution in [0.2, 0.25) is 5.02 Å². The molecule has 32 heavy (non-hydrogen) atoms. The molecule has 5 aromatic rings. The second kappa shape index (κ2) is 7.16. The van der Waals surface area contributed by atoms with E-state index in [2.05, 4.69) is 10.2 Å². The molecule has 0 radical (unpaired) electrons. The van der Waals surface area contributed by atoms with Gasteiger partial charge < -0.3 is 0 Å². The van der Waals surface area contributed by atoms with Crippen molar-refractivity contribution in [1.29, 1.82) is 0 Å². The fraction of sp³-hybridized carbons (Fsp3) is 0.182. The van der Waals surface area contributed by atoms with Crippen LogP contribution in [0.1, 0.15) is 11.1 Å². The molecular formula is C22H18ClFN6O2. The topological polar surface area (TPSA) is 79.1 Å². The van der Waals surface area contributed by atoms with Gasteiger partial charge in [-0.3, -0.25) is 18.5 Å². The molecule has 3 aromatic heterocycles. The van der Waals surface area contributed by atoms with Crippen molar-refractivity contribution in [2.45, 2.75) is 13.5 Å². The summed E-state index contributed by atoms with van der Waals surface area (Å²) >= 11 is 6.29. The fourth-order valence-corrected chi connectivity index (χ4v) is 4.20. The molecule has 0 aliphatic rings. The predicted molar refractivity (Wildman–Crippen MR) is 120 cm³/mol. The Labute approximate surface area is 185 Å². The van der Waals surface area contributed by atoms with E-state index in [9.17, 15) is 14.0 Å². The van der Waals surface area contributed by atoms with E-state index in [0.717, 1.165) is 15.7 Å². The van der Waals surface area contributed by atoms with Crippen LogP contribution in [0.3, 0.4) is 0 Å². The molecule has 2 aromatic carbocycles. The summed E-state index contributed by atoms with van der Waals surface area (Å²) in [6.45, 7) is 2.30. The van der Waals surface area contributed by atoms with Crippen molar-refractivity contribution in [2.75, 3.05) is 0 Å². The number of benzene rings is 2. The quantitative estimate of drug-likeness (QED) is 0.421. The maximum atomic E-state index is 14.7. The average molecular weight is 453 g/mol. The monoisotopic (exact) mass is 452 g/mol. The molecular weight excluding hydrogens is 435 g/mol. The van der Waals surface area contributed by atoms with Crippen LogP contribution in [-0.2, 0) is 20.6 Å². The second-order valence-corrected chi connectivity index (χ2v) is 8.11. The average Bonchev–Trinajstić information content (AvgIpc) is 3.31. The third kappa shape index (κ3) is 2.81. The summed E-state index contributed by atoms with van der Waals surface area (Å²) in [5, 5.41) is 8.58. The summed E-state index contributed by atoms with van der Waals surface area (Å²) in [5.74, 6) is -0.174. The Morgan fingerprint density at radius 3 is 2.41 bits per heavy atom. The summed E-state index contributed by atoms with van der Waals surface area (Å²) in [6, 6.07) is 12.2. The van der Waals surface area contributed by atoms with Gasteiger partial charge in [0.25, 0.3) is 5.56 Å². The highest BCUT2D eigenvalue weighted by molar-refractivity contribution is 6.33. The molecule has 0 amide bonds. The Bertz CT molecular complexity index is 1620. The highest BCUT2D eigenvalue weighted by Crippen LogP contribution is 2.31. The minimum Gasteiger partial charge on any atom is -0.298 e. The lowest BCUT2D eigenvalue weighted by molar-refractivity contribution is 0.629. The third-order valence-corrected chi connectivity index (χ3v) is 5.94. The van der Waals surface area contributed by atoms with E-state index in [4.69, 9.17) is 11.6 Å². The number of aryl methyl sites for hydroxylation is 2. The number of rotatable bonds is 3. The van der Waals surface area contributed by atoms with Gasteiger partial charge in [0.1, 0.15) is 5.82 Å². The van der Waals surface area contributed by atoms with Crippen molar-refractivity contribution in [1.82, 2.24) is 28.3 Å². The Balaban J connectivity index is 1.94. The molecule has 0 atom stereocenters. The van der Waals surface area contributed by atoms with E-state index in [1.54, 1.807) is 17.7 Å². The summed E-state index contributed by atoms with van der Waals surface area (Å²) < 4.78 is 20.3. The van der Waals surface area contributed by atoms with E-state index < -0.39 is 17.1 Å². The van der Waals surface area contributed by atoms with Crippen molar-refractivity contribution < 1.29 is 4.39 Å². The van der Waals surface area contributed by atoms with Gasteiger partial charge in [0.2, 0.25) is 5.78 Å². The Kier molecular flexibility index (Phi) is 4.52. The van der Waals surface area contributed by atoms with Crippen LogP contribution >= 0.6 is 11.6 Å². The summed E-state index contributed by atoms with van der Waals surface area (Å²) in [6.07, 6.45) is 0. The van der Waals surface area contributed by atoms with Gasteiger partial charge in [-0.25, -0.2) is 13.6 Å². The second-order valence-electron chi connectivity index (χ2n) is 7.71. The molecule has 0 aliphatic carbocycles. The van der Waals surface area contributed by atoms with E-state index in [0.29, 0.717) is 12.3 Å². The normalized spacial score (nSPS) is 11.7. The van der Waals surface area contributed by atoms with Crippen molar-refractivity contribution in [3.05, 3.63) is 85.3 Å². The SMILES string of the molecule is Cc1ccc(Cn2c3c(=O)n(C)c(=O)n(C)c3n3c(-c4c(F)cccc4Cl)nnc23)cc1. The van der Waals surface area contributed by atoms with Gasteiger partial charge >= 0.3 is 5.69 Å². The Hall–Kier alpha value is -3.72. The van der Waals surface area contributed by atoms with Crippen molar-refractivity contribution in [2.24, 2.45) is 14.1 Å². The van der Waals surface area contributed by atoms with Gasteiger partial charge in [-0.2, -0.15) is 0 Å². The van der Waals surface area contributed by atoms with Crippen LogP contribution in [0.4, 0.5) is 4.39 Å². The number of hydrogen-bond acceptors (Lipinski definition) is 4. The lowest BCUT2D eigenvalue weighted by atomic mass is 10.1. The Morgan fingerprint density at radius 2 is 1.72 bits per heavy atom. The Morgan fingerprint density at radius 1 is 1.00 bits per heavy atom. The maximum absolute atomic E-state index is 14.7. The van der Waals surface area contributed by atoms with Crippen LogP contribution < -0.4 is 11.2 Å². The number of fused-ring (bicyclic) bond motifs is 3. The standard InChI is InChI=1S/C22H18ClFN6O2/c1-12-7-9-13(10-8-12)11-29-17-19(27(2)22(32)28(3)20(17)31)30-18(25-26-21(29)30)16-14(23)5-4-6-15(16)24/h4-10H,11H2,1-3H3. The molecule has 0 bridgehead atoms. The minimum absolute atomic E-state index is 0.0455. The zero-order chi connectivity index (χ0) is 22.7. The molecule has 3 heterocycles. The first-order chi connectivity index (χ1) is 15.3. The molecule has 0 spiro atoms. The number of halogens is 2. The van der Waals surface area contributed by atoms with Crippen LogP contribution in [0.25, 0.3) is 28.3 Å². The van der Waals surface area contributed by atoms with Gasteiger partial charge in [0.15, 0.2) is 17.0 Å². The molecule has 162 valence electrons. The fourth-order valence-electron chi connectivity index (χ4n) is 3.95. The highest BCUT2D eigenvalue weighted by Gasteiger charge is 2.26. The number of hydrogen-bond donors (Lipinski definition) is 0. The maximum Gasteiger partial charge on any atom is 0.332 e. The zero-order valence-electron chi connectivity index (χ0n) is 17.5. The lowest BCUT2D eigenvalue weighted by Crippen LogP contribution is -2.37. The molecule has 10 heteroatoms. The molecule has 5 rings (SSSR count). The van der Waals surface area contributed by atoms with Crippen LogP contribution in [0.15, 0.2) is 52.1 Å².